The molecular weight excluding hydrogens is 491 g/mol. The van der Waals surface area contributed by atoms with E-state index >= 15 is 0 Å². The maximum Gasteiger partial charge on any atom is 0.214 e. The molecule has 0 saturated carbocycles. The minimum Gasteiger partial charge on any atom is -0.489 e. The van der Waals surface area contributed by atoms with Crippen LogP contribution in [0, 0.1) is 0 Å². The summed E-state index contributed by atoms with van der Waals surface area (Å²) in [6, 6.07) is 35.6. The number of benzene rings is 5. The molecule has 0 radical (unpaired) electrons. The Hall–Kier alpha value is -3.72. The van der Waals surface area contributed by atoms with E-state index in [4.69, 9.17) is 9.26 Å². The predicted octanol–water partition coefficient (Wildman–Crippen LogP) is 8.37. The Morgan fingerprint density at radius 3 is 2.16 bits per heavy atom. The Kier molecular flexibility index (Phi) is 7.74. The van der Waals surface area contributed by atoms with E-state index in [2.05, 4.69) is 0 Å². The molecule has 192 valence electrons. The normalized spacial score (nSPS) is 13.7. The number of carbonyl (C=O) groups excluding carboxylic acids is 1. The zero-order chi connectivity index (χ0) is 26.5. The molecule has 5 aromatic rings. The van der Waals surface area contributed by atoms with Gasteiger partial charge in [-0.05, 0) is 51.7 Å². The number of fused-ring (bicyclic) bond motifs is 2. The molecule has 0 fully saturated rings. The van der Waals surface area contributed by atoms with Crippen LogP contribution in [-0.2, 0) is 26.9 Å². The quantitative estimate of drug-likeness (QED) is 0.173. The first-order chi connectivity index (χ1) is 18.5. The Morgan fingerprint density at radius 1 is 0.789 bits per heavy atom. The highest BCUT2D eigenvalue weighted by Gasteiger charge is 2.37. The van der Waals surface area contributed by atoms with Gasteiger partial charge in [-0.2, -0.15) is 0 Å². The molecule has 38 heavy (non-hydrogen) atoms. The van der Waals surface area contributed by atoms with Crippen LogP contribution >= 0.6 is 7.37 Å². The standard InChI is InChI=1S/C33H31O4P/c1-3-37-38(2,35)33(30-19-11-17-25-14-9-10-18-29(25)30)31(34)21-28-20-26-15-7-8-16-27(26)22-32(28)36-23-24-12-5-4-6-13-24/h4-20,22,33H,3,21,23H2,1-2H3. The van der Waals surface area contributed by atoms with Crippen molar-refractivity contribution in [2.24, 2.45) is 0 Å². The van der Waals surface area contributed by atoms with Crippen molar-refractivity contribution >= 4 is 34.7 Å². The molecule has 2 atom stereocenters. The zero-order valence-electron chi connectivity index (χ0n) is 21.7. The highest BCUT2D eigenvalue weighted by atomic mass is 31.2. The van der Waals surface area contributed by atoms with Gasteiger partial charge in [0, 0.05) is 18.6 Å². The van der Waals surface area contributed by atoms with Crippen LogP contribution in [0.1, 0.15) is 29.3 Å². The van der Waals surface area contributed by atoms with Crippen LogP contribution in [-0.4, -0.2) is 19.1 Å². The first kappa shape index (κ1) is 25.9. The Bertz CT molecular complexity index is 1620. The lowest BCUT2D eigenvalue weighted by Crippen LogP contribution is -2.17. The van der Waals surface area contributed by atoms with Gasteiger partial charge in [-0.1, -0.05) is 97.1 Å². The third-order valence-electron chi connectivity index (χ3n) is 6.81. The van der Waals surface area contributed by atoms with Crippen molar-refractivity contribution in [3.8, 4) is 5.75 Å². The molecule has 0 aromatic heterocycles. The lowest BCUT2D eigenvalue weighted by Gasteiger charge is -2.25. The molecule has 0 saturated heterocycles. The van der Waals surface area contributed by atoms with Crippen LogP contribution in [0.3, 0.4) is 0 Å². The molecule has 0 N–H and O–H groups in total. The van der Waals surface area contributed by atoms with Gasteiger partial charge in [0.15, 0.2) is 5.78 Å². The minimum atomic E-state index is -3.34. The summed E-state index contributed by atoms with van der Waals surface area (Å²) in [6.07, 6.45) is 0.0771. The van der Waals surface area contributed by atoms with Crippen LogP contribution in [0.15, 0.2) is 109 Å². The van der Waals surface area contributed by atoms with Crippen molar-refractivity contribution in [1.29, 1.82) is 0 Å². The maximum absolute atomic E-state index is 14.1. The number of hydrogen-bond acceptors (Lipinski definition) is 4. The molecular formula is C33H31O4P. The van der Waals surface area contributed by atoms with E-state index in [9.17, 15) is 9.36 Å². The van der Waals surface area contributed by atoms with E-state index in [1.165, 1.54) is 0 Å². The molecule has 5 rings (SSSR count). The van der Waals surface area contributed by atoms with Crippen LogP contribution in [0.4, 0.5) is 0 Å². The summed E-state index contributed by atoms with van der Waals surface area (Å²) in [5, 5.41) is 3.97. The summed E-state index contributed by atoms with van der Waals surface area (Å²) in [4.78, 5) is 14.1. The van der Waals surface area contributed by atoms with Gasteiger partial charge in [-0.15, -0.1) is 0 Å². The molecule has 4 nitrogen and oxygen atoms in total. The van der Waals surface area contributed by atoms with E-state index in [0.717, 1.165) is 38.2 Å². The third-order valence-corrected chi connectivity index (χ3v) is 9.08. The summed E-state index contributed by atoms with van der Waals surface area (Å²) in [6.45, 7) is 4.04. The molecule has 5 aromatic carbocycles. The highest BCUT2D eigenvalue weighted by molar-refractivity contribution is 7.59. The third kappa shape index (κ3) is 5.57. The average Bonchev–Trinajstić information content (AvgIpc) is 2.92. The van der Waals surface area contributed by atoms with E-state index in [1.54, 1.807) is 13.6 Å². The van der Waals surface area contributed by atoms with Gasteiger partial charge in [0.05, 0.1) is 6.61 Å². The summed E-state index contributed by atoms with van der Waals surface area (Å²) in [5.41, 5.74) is 1.66. The van der Waals surface area contributed by atoms with E-state index in [1.807, 2.05) is 109 Å². The van der Waals surface area contributed by atoms with E-state index in [-0.39, 0.29) is 18.8 Å². The summed E-state index contributed by atoms with van der Waals surface area (Å²) < 4.78 is 26.0. The lowest BCUT2D eigenvalue weighted by atomic mass is 9.96. The minimum absolute atomic E-state index is 0.0771. The number of ether oxygens (including phenoxy) is 1. The van der Waals surface area contributed by atoms with E-state index in [0.29, 0.717) is 12.4 Å². The highest BCUT2D eigenvalue weighted by Crippen LogP contribution is 2.58. The van der Waals surface area contributed by atoms with Crippen LogP contribution in [0.5, 0.6) is 5.75 Å². The van der Waals surface area contributed by atoms with Crippen molar-refractivity contribution in [2.45, 2.75) is 25.6 Å². The summed E-state index contributed by atoms with van der Waals surface area (Å²) in [7, 11) is -3.34. The second-order valence-corrected chi connectivity index (χ2v) is 12.1. The number of rotatable bonds is 10. The van der Waals surface area contributed by atoms with Gasteiger partial charge in [-0.25, -0.2) is 0 Å². The van der Waals surface area contributed by atoms with Gasteiger partial charge in [0.2, 0.25) is 7.37 Å². The van der Waals surface area contributed by atoms with Crippen LogP contribution < -0.4 is 4.74 Å². The van der Waals surface area contributed by atoms with Crippen molar-refractivity contribution in [1.82, 2.24) is 0 Å². The summed E-state index contributed by atoms with van der Waals surface area (Å²) >= 11 is 0. The monoisotopic (exact) mass is 522 g/mol. The predicted molar refractivity (Wildman–Crippen MR) is 155 cm³/mol. The molecule has 0 heterocycles. The van der Waals surface area contributed by atoms with Crippen LogP contribution in [0.2, 0.25) is 0 Å². The molecule has 0 aliphatic carbocycles. The topological polar surface area (TPSA) is 52.6 Å². The molecule has 0 spiro atoms. The lowest BCUT2D eigenvalue weighted by molar-refractivity contribution is -0.118. The maximum atomic E-state index is 14.1. The number of hydrogen-bond donors (Lipinski definition) is 0. The number of ketones is 1. The van der Waals surface area contributed by atoms with Gasteiger partial charge < -0.3 is 9.26 Å². The molecule has 0 amide bonds. The van der Waals surface area contributed by atoms with Crippen molar-refractivity contribution < 1.29 is 18.6 Å². The summed E-state index contributed by atoms with van der Waals surface area (Å²) in [5.74, 6) is 0.500. The SMILES string of the molecule is CCOP(C)(=O)C(C(=O)Cc1cc2ccccc2cc1OCc1ccccc1)c1cccc2ccccc12. The first-order valence-corrected chi connectivity index (χ1v) is 15.0. The number of Topliss-reactive ketones (excluding diaryl/α,β-unsaturated/α-hetero) is 1. The second kappa shape index (κ2) is 11.3. The van der Waals surface area contributed by atoms with Gasteiger partial charge in [-0.3, -0.25) is 9.36 Å². The van der Waals surface area contributed by atoms with E-state index < -0.39 is 13.0 Å². The Balaban J connectivity index is 1.56. The van der Waals surface area contributed by atoms with Crippen molar-refractivity contribution in [3.05, 3.63) is 126 Å². The smallest absolute Gasteiger partial charge is 0.214 e. The van der Waals surface area contributed by atoms with Crippen LogP contribution in [0.25, 0.3) is 21.5 Å². The fourth-order valence-electron chi connectivity index (χ4n) is 5.07. The first-order valence-electron chi connectivity index (χ1n) is 12.9. The zero-order valence-corrected chi connectivity index (χ0v) is 22.6. The van der Waals surface area contributed by atoms with Crippen molar-refractivity contribution in [2.75, 3.05) is 13.3 Å². The molecule has 2 unspecified atom stereocenters. The largest absolute Gasteiger partial charge is 0.489 e. The average molecular weight is 523 g/mol. The number of carbonyl (C=O) groups is 1. The Labute approximate surface area is 223 Å². The molecule has 5 heteroatoms. The fourth-order valence-corrected chi connectivity index (χ4v) is 7.07. The second-order valence-electron chi connectivity index (χ2n) is 9.52. The molecule has 0 aliphatic rings. The van der Waals surface area contributed by atoms with Gasteiger partial charge in [0.1, 0.15) is 18.0 Å². The fraction of sp³-hybridized carbons (Fsp3) is 0.182. The van der Waals surface area contributed by atoms with Gasteiger partial charge >= 0.3 is 0 Å². The Morgan fingerprint density at radius 2 is 1.42 bits per heavy atom. The molecule has 0 bridgehead atoms. The van der Waals surface area contributed by atoms with Crippen molar-refractivity contribution in [3.63, 3.8) is 0 Å². The molecule has 0 aliphatic heterocycles. The van der Waals surface area contributed by atoms with Gasteiger partial charge in [0.25, 0.3) is 0 Å².